The molecule has 0 atom stereocenters. The van der Waals surface area contributed by atoms with Crippen LogP contribution in [0.3, 0.4) is 0 Å². The number of amides is 1. The van der Waals surface area contributed by atoms with Crippen molar-refractivity contribution in [1.29, 1.82) is 0 Å². The van der Waals surface area contributed by atoms with Gasteiger partial charge in [0.05, 0.1) is 6.42 Å². The van der Waals surface area contributed by atoms with Gasteiger partial charge in [-0.15, -0.1) is 0 Å². The van der Waals surface area contributed by atoms with E-state index < -0.39 is 11.2 Å². The molecule has 0 aliphatic rings. The number of hydrogen-bond donors (Lipinski definition) is 2. The number of hydrogen-bond acceptors (Lipinski definition) is 4. The van der Waals surface area contributed by atoms with Crippen LogP contribution >= 0.6 is 23.2 Å². The molecule has 9 heteroatoms. The number of nitrogens with zero attached hydrogens (tertiary/aromatic N) is 2. The average molecular weight is 427 g/mol. The first-order valence-corrected chi connectivity index (χ1v) is 9.92. The smallest absolute Gasteiger partial charge is 0.330 e. The quantitative estimate of drug-likeness (QED) is 0.676. The number of aromatic amines is 1. The number of rotatable bonds is 8. The first kappa shape index (κ1) is 22.0. The summed E-state index contributed by atoms with van der Waals surface area (Å²) in [4.78, 5) is 41.2. The van der Waals surface area contributed by atoms with Gasteiger partial charge in [0.1, 0.15) is 5.82 Å². The van der Waals surface area contributed by atoms with Crippen LogP contribution in [-0.2, 0) is 17.8 Å². The molecule has 0 saturated heterocycles. The molecule has 1 aromatic heterocycles. The van der Waals surface area contributed by atoms with Crippen molar-refractivity contribution in [2.45, 2.75) is 46.1 Å². The van der Waals surface area contributed by atoms with Gasteiger partial charge < -0.3 is 10.6 Å². The van der Waals surface area contributed by atoms with Gasteiger partial charge in [0.25, 0.3) is 5.56 Å². The zero-order chi connectivity index (χ0) is 20.8. The molecule has 0 bridgehead atoms. The molecule has 3 N–H and O–H groups in total. The van der Waals surface area contributed by atoms with Gasteiger partial charge in [-0.05, 0) is 30.5 Å². The topological polar surface area (TPSA) is 101 Å². The van der Waals surface area contributed by atoms with Crippen molar-refractivity contribution in [3.63, 3.8) is 0 Å². The van der Waals surface area contributed by atoms with Crippen LogP contribution in [0.25, 0.3) is 0 Å². The summed E-state index contributed by atoms with van der Waals surface area (Å²) in [6.45, 7) is 4.51. The number of anilines is 2. The largest absolute Gasteiger partial charge is 0.383 e. The van der Waals surface area contributed by atoms with Crippen molar-refractivity contribution in [2.24, 2.45) is 0 Å². The van der Waals surface area contributed by atoms with Crippen LogP contribution in [0.1, 0.15) is 38.7 Å². The van der Waals surface area contributed by atoms with Crippen LogP contribution in [0.2, 0.25) is 10.0 Å². The number of halogens is 2. The zero-order valence-corrected chi connectivity index (χ0v) is 17.4. The molecule has 0 radical (unpaired) electrons. The van der Waals surface area contributed by atoms with E-state index in [1.54, 1.807) is 18.2 Å². The molecular weight excluding hydrogens is 403 g/mol. The number of nitrogens with two attached hydrogens (primary N) is 1. The van der Waals surface area contributed by atoms with Crippen LogP contribution in [-0.4, -0.2) is 22.0 Å². The molecule has 1 aromatic carbocycles. The lowest BCUT2D eigenvalue weighted by atomic mass is 10.1. The van der Waals surface area contributed by atoms with Gasteiger partial charge >= 0.3 is 5.69 Å². The summed E-state index contributed by atoms with van der Waals surface area (Å²) in [6.07, 6.45) is 2.12. The zero-order valence-electron chi connectivity index (χ0n) is 15.9. The number of benzene rings is 1. The fourth-order valence-electron chi connectivity index (χ4n) is 2.88. The second-order valence-corrected chi connectivity index (χ2v) is 7.30. The highest BCUT2D eigenvalue weighted by atomic mass is 35.5. The Morgan fingerprint density at radius 1 is 1.21 bits per heavy atom. The van der Waals surface area contributed by atoms with Gasteiger partial charge in [-0.2, -0.15) is 0 Å². The molecule has 2 rings (SSSR count). The average Bonchev–Trinajstić information content (AvgIpc) is 2.63. The lowest BCUT2D eigenvalue weighted by molar-refractivity contribution is -0.118. The van der Waals surface area contributed by atoms with Gasteiger partial charge in [0, 0.05) is 23.1 Å². The van der Waals surface area contributed by atoms with E-state index in [0.717, 1.165) is 6.42 Å². The third-order valence-electron chi connectivity index (χ3n) is 4.32. The van der Waals surface area contributed by atoms with Gasteiger partial charge in [-0.3, -0.25) is 19.1 Å². The van der Waals surface area contributed by atoms with E-state index >= 15 is 0 Å². The van der Waals surface area contributed by atoms with Crippen molar-refractivity contribution in [2.75, 3.05) is 17.2 Å². The standard InChI is InChI=1S/C19H24Cl2N4O3/c1-3-5-9-24(15(26)10-12-6-7-13(20)11-14(12)21)16-17(22)25(8-4-2)19(28)23-18(16)27/h6-7,11H,3-5,8-10,22H2,1-2H3,(H,23,27,28). The number of carbonyl (C=O) groups excluding carboxylic acids is 1. The van der Waals surface area contributed by atoms with Crippen molar-refractivity contribution in [3.8, 4) is 0 Å². The van der Waals surface area contributed by atoms with Crippen molar-refractivity contribution in [3.05, 3.63) is 54.6 Å². The van der Waals surface area contributed by atoms with Gasteiger partial charge in [-0.1, -0.05) is 49.5 Å². The fraction of sp³-hybridized carbons (Fsp3) is 0.421. The SMILES string of the molecule is CCCCN(C(=O)Cc1ccc(Cl)cc1Cl)c1c(N)n(CCC)c(=O)[nH]c1=O. The van der Waals surface area contributed by atoms with E-state index in [-0.39, 0.29) is 23.8 Å². The Labute approximate surface area is 173 Å². The Kier molecular flexibility index (Phi) is 7.71. The Morgan fingerprint density at radius 3 is 2.54 bits per heavy atom. The number of H-pyrrole nitrogens is 1. The van der Waals surface area contributed by atoms with E-state index in [1.807, 2.05) is 13.8 Å². The minimum absolute atomic E-state index is 0.00316. The van der Waals surface area contributed by atoms with Crippen LogP contribution in [0.15, 0.2) is 27.8 Å². The number of unbranched alkanes of at least 4 members (excludes halogenated alkanes) is 1. The molecule has 0 aliphatic heterocycles. The summed E-state index contributed by atoms with van der Waals surface area (Å²) >= 11 is 12.1. The number of nitrogen functional groups attached to an aromatic ring is 1. The molecule has 28 heavy (non-hydrogen) atoms. The Hall–Kier alpha value is -2.25. The summed E-state index contributed by atoms with van der Waals surface area (Å²) in [5, 5.41) is 0.838. The maximum Gasteiger partial charge on any atom is 0.330 e. The Morgan fingerprint density at radius 2 is 1.93 bits per heavy atom. The molecule has 1 amide bonds. The third-order valence-corrected chi connectivity index (χ3v) is 4.91. The van der Waals surface area contributed by atoms with Crippen molar-refractivity contribution in [1.82, 2.24) is 9.55 Å². The second-order valence-electron chi connectivity index (χ2n) is 6.46. The third kappa shape index (κ3) is 4.97. The summed E-state index contributed by atoms with van der Waals surface area (Å²) < 4.78 is 1.28. The minimum Gasteiger partial charge on any atom is -0.383 e. The monoisotopic (exact) mass is 426 g/mol. The highest BCUT2D eigenvalue weighted by molar-refractivity contribution is 6.35. The number of carbonyl (C=O) groups is 1. The van der Waals surface area contributed by atoms with Gasteiger partial charge in [-0.25, -0.2) is 4.79 Å². The highest BCUT2D eigenvalue weighted by Crippen LogP contribution is 2.24. The van der Waals surface area contributed by atoms with Gasteiger partial charge in [0.15, 0.2) is 5.69 Å². The molecule has 0 spiro atoms. The Balaban J connectivity index is 2.48. The summed E-state index contributed by atoms with van der Waals surface area (Å²) in [5.74, 6) is -0.348. The van der Waals surface area contributed by atoms with E-state index in [9.17, 15) is 14.4 Å². The fourth-order valence-corrected chi connectivity index (χ4v) is 3.36. The molecule has 0 saturated carbocycles. The van der Waals surface area contributed by atoms with Crippen molar-refractivity contribution >= 4 is 40.6 Å². The van der Waals surface area contributed by atoms with Crippen LogP contribution < -0.4 is 21.9 Å². The van der Waals surface area contributed by atoms with Crippen molar-refractivity contribution < 1.29 is 4.79 Å². The molecular formula is C19H24Cl2N4O3. The van der Waals surface area contributed by atoms with Crippen LogP contribution in [0.5, 0.6) is 0 Å². The molecule has 7 nitrogen and oxygen atoms in total. The summed E-state index contributed by atoms with van der Waals surface area (Å²) in [5.41, 5.74) is 5.45. The van der Waals surface area contributed by atoms with Crippen LogP contribution in [0.4, 0.5) is 11.5 Å². The van der Waals surface area contributed by atoms with E-state index in [2.05, 4.69) is 4.98 Å². The molecule has 2 aromatic rings. The predicted molar refractivity (Wildman–Crippen MR) is 113 cm³/mol. The molecule has 0 aliphatic carbocycles. The maximum atomic E-state index is 13.1. The first-order chi connectivity index (χ1) is 13.3. The molecule has 1 heterocycles. The first-order valence-electron chi connectivity index (χ1n) is 9.17. The second kappa shape index (κ2) is 9.80. The Bertz CT molecular complexity index is 969. The maximum absolute atomic E-state index is 13.1. The normalized spacial score (nSPS) is 10.9. The molecule has 152 valence electrons. The minimum atomic E-state index is -0.679. The summed E-state index contributed by atoms with van der Waals surface area (Å²) in [7, 11) is 0. The summed E-state index contributed by atoms with van der Waals surface area (Å²) in [6, 6.07) is 4.88. The number of nitrogens with one attached hydrogen (secondary N) is 1. The molecule has 0 unspecified atom stereocenters. The highest BCUT2D eigenvalue weighted by Gasteiger charge is 2.24. The van der Waals surface area contributed by atoms with E-state index in [0.29, 0.717) is 41.5 Å². The van der Waals surface area contributed by atoms with E-state index in [4.69, 9.17) is 28.9 Å². The predicted octanol–water partition coefficient (Wildman–Crippen LogP) is 3.21. The number of aromatic nitrogens is 2. The lowest BCUT2D eigenvalue weighted by Gasteiger charge is -2.24. The van der Waals surface area contributed by atoms with E-state index in [1.165, 1.54) is 9.47 Å². The lowest BCUT2D eigenvalue weighted by Crippen LogP contribution is -2.42. The van der Waals surface area contributed by atoms with Crippen LogP contribution in [0, 0.1) is 0 Å². The molecule has 0 fully saturated rings. The van der Waals surface area contributed by atoms with Gasteiger partial charge in [0.2, 0.25) is 5.91 Å².